The summed E-state index contributed by atoms with van der Waals surface area (Å²) in [4.78, 5) is 16.0. The van der Waals surface area contributed by atoms with Gasteiger partial charge in [-0.1, -0.05) is 12.1 Å². The van der Waals surface area contributed by atoms with Gasteiger partial charge < -0.3 is 4.90 Å². The fourth-order valence-corrected chi connectivity index (χ4v) is 3.04. The lowest BCUT2D eigenvalue weighted by Gasteiger charge is -2.32. The minimum Gasteiger partial charge on any atom is -0.355 e. The number of para-hydroxylation sites is 2. The van der Waals surface area contributed by atoms with Crippen molar-refractivity contribution in [2.75, 3.05) is 18.0 Å². The van der Waals surface area contributed by atoms with Crippen LogP contribution in [0.3, 0.4) is 0 Å². The highest BCUT2D eigenvalue weighted by Crippen LogP contribution is 2.27. The van der Waals surface area contributed by atoms with Crippen molar-refractivity contribution in [3.8, 4) is 0 Å². The molecule has 6 heteroatoms. The Morgan fingerprint density at radius 1 is 1.18 bits per heavy atom. The van der Waals surface area contributed by atoms with Crippen LogP contribution in [0.4, 0.5) is 5.82 Å². The van der Waals surface area contributed by atoms with Crippen molar-refractivity contribution in [1.29, 1.82) is 0 Å². The average molecular weight is 294 g/mol. The minimum absolute atomic E-state index is 0.354. The molecule has 3 heterocycles. The fourth-order valence-electron chi connectivity index (χ4n) is 3.04. The van der Waals surface area contributed by atoms with E-state index in [1.54, 1.807) is 0 Å². The summed E-state index contributed by atoms with van der Waals surface area (Å²) in [5.74, 6) is 3.08. The van der Waals surface area contributed by atoms with Crippen LogP contribution in [0.2, 0.25) is 0 Å². The molecule has 1 aliphatic heterocycles. The van der Waals surface area contributed by atoms with Gasteiger partial charge in [0.2, 0.25) is 0 Å². The molecule has 4 rings (SSSR count). The fraction of sp³-hybridized carbons (Fsp3) is 0.375. The van der Waals surface area contributed by atoms with Gasteiger partial charge in [0.25, 0.3) is 0 Å². The van der Waals surface area contributed by atoms with E-state index in [4.69, 9.17) is 4.98 Å². The van der Waals surface area contributed by atoms with Gasteiger partial charge in [0.05, 0.1) is 17.2 Å². The summed E-state index contributed by atoms with van der Waals surface area (Å²) in [5.41, 5.74) is 1.88. The first kappa shape index (κ1) is 13.2. The molecule has 2 aromatic heterocycles. The van der Waals surface area contributed by atoms with Gasteiger partial charge in [-0.3, -0.25) is 10.1 Å². The van der Waals surface area contributed by atoms with E-state index in [-0.39, 0.29) is 0 Å². The topological polar surface area (TPSA) is 70.6 Å². The van der Waals surface area contributed by atoms with E-state index >= 15 is 0 Å². The van der Waals surface area contributed by atoms with Gasteiger partial charge in [0.1, 0.15) is 11.6 Å². The second kappa shape index (κ2) is 5.36. The molecule has 0 spiro atoms. The Kier molecular flexibility index (Phi) is 3.21. The van der Waals surface area contributed by atoms with Crippen LogP contribution < -0.4 is 4.90 Å². The second-order valence-corrected chi connectivity index (χ2v) is 5.78. The summed E-state index contributed by atoms with van der Waals surface area (Å²) in [6, 6.07) is 7.98. The third-order valence-corrected chi connectivity index (χ3v) is 4.16. The lowest BCUT2D eigenvalue weighted by Crippen LogP contribution is -2.35. The number of aromatic amines is 1. The Hall–Kier alpha value is -2.50. The van der Waals surface area contributed by atoms with E-state index in [1.165, 1.54) is 0 Å². The monoisotopic (exact) mass is 294 g/mol. The molecule has 0 saturated carbocycles. The number of anilines is 1. The van der Waals surface area contributed by atoms with Crippen LogP contribution in [-0.4, -0.2) is 38.2 Å². The molecule has 0 radical (unpaired) electrons. The molecular formula is C16H18N6. The molecule has 1 saturated heterocycles. The van der Waals surface area contributed by atoms with Crippen molar-refractivity contribution < 1.29 is 0 Å². The number of H-pyrrole nitrogens is 1. The number of benzene rings is 1. The summed E-state index contributed by atoms with van der Waals surface area (Å²) in [7, 11) is 0. The first-order chi connectivity index (χ1) is 10.8. The largest absolute Gasteiger partial charge is 0.355 e. The molecule has 1 atom stereocenters. The Bertz CT molecular complexity index is 796. The highest BCUT2D eigenvalue weighted by molar-refractivity contribution is 5.75. The highest BCUT2D eigenvalue weighted by Gasteiger charge is 2.25. The second-order valence-electron chi connectivity index (χ2n) is 5.78. The molecule has 22 heavy (non-hydrogen) atoms. The highest BCUT2D eigenvalue weighted by atomic mass is 15.2. The number of fused-ring (bicyclic) bond motifs is 1. The van der Waals surface area contributed by atoms with Gasteiger partial charge in [0.15, 0.2) is 5.82 Å². The summed E-state index contributed by atoms with van der Waals surface area (Å²) in [6.45, 7) is 3.84. The van der Waals surface area contributed by atoms with Crippen LogP contribution in [0, 0.1) is 6.92 Å². The number of hydrogen-bond acceptors (Lipinski definition) is 5. The van der Waals surface area contributed by atoms with E-state index < -0.39 is 0 Å². The average Bonchev–Trinajstić information content (AvgIpc) is 3.01. The summed E-state index contributed by atoms with van der Waals surface area (Å²) in [5, 5.41) is 7.26. The lowest BCUT2D eigenvalue weighted by atomic mass is 9.97. The Morgan fingerprint density at radius 2 is 2.05 bits per heavy atom. The smallest absolute Gasteiger partial charge is 0.155 e. The zero-order chi connectivity index (χ0) is 14.9. The molecule has 1 N–H and O–H groups in total. The quantitative estimate of drug-likeness (QED) is 0.786. The van der Waals surface area contributed by atoms with Crippen molar-refractivity contribution in [2.24, 2.45) is 0 Å². The van der Waals surface area contributed by atoms with Crippen LogP contribution in [-0.2, 0) is 0 Å². The van der Waals surface area contributed by atoms with Gasteiger partial charge in [-0.15, -0.1) is 0 Å². The van der Waals surface area contributed by atoms with Crippen molar-refractivity contribution in [2.45, 2.75) is 25.7 Å². The molecular weight excluding hydrogens is 276 g/mol. The molecule has 6 nitrogen and oxygen atoms in total. The zero-order valence-electron chi connectivity index (χ0n) is 12.5. The summed E-state index contributed by atoms with van der Waals surface area (Å²) in [6.07, 6.45) is 4.11. The molecule has 1 unspecified atom stereocenters. The summed E-state index contributed by atoms with van der Waals surface area (Å²) >= 11 is 0. The molecule has 0 bridgehead atoms. The molecule has 1 aromatic carbocycles. The van der Waals surface area contributed by atoms with Gasteiger partial charge in [-0.2, -0.15) is 5.10 Å². The lowest BCUT2D eigenvalue weighted by molar-refractivity contribution is 0.490. The maximum atomic E-state index is 4.75. The van der Waals surface area contributed by atoms with Crippen LogP contribution in [0.25, 0.3) is 11.0 Å². The van der Waals surface area contributed by atoms with Crippen LogP contribution >= 0.6 is 0 Å². The zero-order valence-corrected chi connectivity index (χ0v) is 12.5. The van der Waals surface area contributed by atoms with Crippen LogP contribution in [0.15, 0.2) is 30.5 Å². The molecule has 1 fully saturated rings. The van der Waals surface area contributed by atoms with E-state index in [9.17, 15) is 0 Å². The van der Waals surface area contributed by atoms with Gasteiger partial charge >= 0.3 is 0 Å². The van der Waals surface area contributed by atoms with Crippen LogP contribution in [0.1, 0.15) is 30.4 Å². The number of nitrogens with one attached hydrogen (secondary N) is 1. The van der Waals surface area contributed by atoms with E-state index in [0.29, 0.717) is 5.92 Å². The van der Waals surface area contributed by atoms with E-state index in [1.807, 2.05) is 37.4 Å². The Labute approximate surface area is 128 Å². The maximum Gasteiger partial charge on any atom is 0.155 e. The third-order valence-electron chi connectivity index (χ3n) is 4.16. The number of nitrogens with zero attached hydrogens (tertiary/aromatic N) is 5. The molecule has 112 valence electrons. The Morgan fingerprint density at radius 3 is 2.86 bits per heavy atom. The third kappa shape index (κ3) is 2.41. The van der Waals surface area contributed by atoms with Crippen LogP contribution in [0.5, 0.6) is 0 Å². The first-order valence-corrected chi connectivity index (χ1v) is 7.65. The molecule has 0 amide bonds. The number of aryl methyl sites for hydroxylation is 1. The standard InChI is InChI=1S/C16H18N6/c1-11-18-16(21-20-11)12-5-4-8-22(10-12)15-9-17-13-6-2-3-7-14(13)19-15/h2-3,6-7,9,12H,4-5,8,10H2,1H3,(H,18,20,21). The van der Waals surface area contributed by atoms with E-state index in [0.717, 1.165) is 54.4 Å². The first-order valence-electron chi connectivity index (χ1n) is 7.65. The van der Waals surface area contributed by atoms with Gasteiger partial charge in [-0.05, 0) is 31.9 Å². The van der Waals surface area contributed by atoms with E-state index in [2.05, 4.69) is 25.1 Å². The predicted octanol–water partition coefficient (Wildman–Crippen LogP) is 2.44. The minimum atomic E-state index is 0.354. The van der Waals surface area contributed by atoms with Gasteiger partial charge in [0, 0.05) is 19.0 Å². The number of aromatic nitrogens is 5. The van der Waals surface area contributed by atoms with Crippen molar-refractivity contribution >= 4 is 16.9 Å². The van der Waals surface area contributed by atoms with Gasteiger partial charge in [-0.25, -0.2) is 9.97 Å². The predicted molar refractivity (Wildman–Crippen MR) is 84.8 cm³/mol. The SMILES string of the molecule is Cc1nc(C2CCCN(c3cnc4ccccc4n3)C2)n[nH]1. The normalized spacial score (nSPS) is 18.8. The molecule has 1 aliphatic rings. The molecule has 0 aliphatic carbocycles. The number of hydrogen-bond donors (Lipinski definition) is 1. The maximum absolute atomic E-state index is 4.75. The number of rotatable bonds is 2. The number of piperidine rings is 1. The Balaban J connectivity index is 1.60. The summed E-state index contributed by atoms with van der Waals surface area (Å²) < 4.78 is 0. The van der Waals surface area contributed by atoms with Crippen molar-refractivity contribution in [3.05, 3.63) is 42.1 Å². The van der Waals surface area contributed by atoms with Crippen molar-refractivity contribution in [1.82, 2.24) is 25.1 Å². The van der Waals surface area contributed by atoms with Crippen molar-refractivity contribution in [3.63, 3.8) is 0 Å². The molecule has 3 aromatic rings.